The third-order valence-electron chi connectivity index (χ3n) is 6.40. The number of anilines is 1. The SMILES string of the molecule is Cc1cccc(C)c1N=C([N]([Ge][N]([Si](C)(C)C)[Si](C)(C)C)c1c(C)cccc1C)N(C(C)C)C(C)C. The molecule has 2 aromatic rings. The van der Waals surface area contributed by atoms with Gasteiger partial charge in [0.15, 0.2) is 0 Å². The second kappa shape index (κ2) is 12.0. The summed E-state index contributed by atoms with van der Waals surface area (Å²) in [4.78, 5) is 8.12. The van der Waals surface area contributed by atoms with Crippen molar-refractivity contribution in [1.29, 1.82) is 0 Å². The van der Waals surface area contributed by atoms with Gasteiger partial charge in [-0.2, -0.15) is 0 Å². The summed E-state index contributed by atoms with van der Waals surface area (Å²) in [5.74, 6) is 1.11. The van der Waals surface area contributed by atoms with E-state index in [-0.39, 0.29) is 0 Å². The third kappa shape index (κ3) is 7.36. The molecule has 0 amide bonds. The van der Waals surface area contributed by atoms with Gasteiger partial charge in [-0.25, -0.2) is 0 Å². The zero-order valence-corrected chi connectivity index (χ0v) is 29.5. The number of aryl methyl sites for hydroxylation is 4. The molecule has 0 heterocycles. The quantitative estimate of drug-likeness (QED) is 0.178. The van der Waals surface area contributed by atoms with Crippen molar-refractivity contribution in [2.24, 2.45) is 4.99 Å². The Hall–Kier alpha value is -1.35. The second-order valence-corrected chi connectivity index (χ2v) is 26.8. The molecule has 2 aromatic carbocycles. The maximum atomic E-state index is 5.58. The van der Waals surface area contributed by atoms with Crippen LogP contribution in [0.1, 0.15) is 49.9 Å². The topological polar surface area (TPSA) is 22.1 Å². The molecule has 0 N–H and O–H groups in total. The summed E-state index contributed by atoms with van der Waals surface area (Å²) < 4.78 is 5.66. The van der Waals surface area contributed by atoms with Gasteiger partial charge < -0.3 is 0 Å². The summed E-state index contributed by atoms with van der Waals surface area (Å²) in [5, 5.41) is 0. The Bertz CT molecular complexity index is 1010. The van der Waals surface area contributed by atoms with Crippen molar-refractivity contribution >= 4 is 49.7 Å². The van der Waals surface area contributed by atoms with Crippen molar-refractivity contribution in [1.82, 2.24) is 8.09 Å². The molecule has 0 saturated heterocycles. The van der Waals surface area contributed by atoms with Crippen LogP contribution in [0.2, 0.25) is 39.3 Å². The molecule has 0 spiro atoms. The van der Waals surface area contributed by atoms with Crippen LogP contribution in [0.25, 0.3) is 0 Å². The fraction of sp³-hybridized carbons (Fsp3) is 0.552. The van der Waals surface area contributed by atoms with Crippen LogP contribution in [0, 0.1) is 27.7 Å². The molecule has 2 radical (unpaired) electrons. The fourth-order valence-corrected chi connectivity index (χ4v) is 20.5. The first-order valence-electron chi connectivity index (χ1n) is 13.3. The fourth-order valence-electron chi connectivity index (χ4n) is 5.12. The van der Waals surface area contributed by atoms with Crippen molar-refractivity contribution < 1.29 is 0 Å². The number of guanidine groups is 1. The van der Waals surface area contributed by atoms with E-state index < -0.39 is 32.3 Å². The zero-order valence-electron chi connectivity index (χ0n) is 25.4. The van der Waals surface area contributed by atoms with Gasteiger partial charge in [-0.1, -0.05) is 0 Å². The van der Waals surface area contributed by atoms with E-state index in [0.717, 1.165) is 11.6 Å². The van der Waals surface area contributed by atoms with Crippen LogP contribution in [0.4, 0.5) is 11.4 Å². The van der Waals surface area contributed by atoms with Gasteiger partial charge in [-0.3, -0.25) is 0 Å². The Kier molecular flexibility index (Phi) is 10.3. The summed E-state index contributed by atoms with van der Waals surface area (Å²) in [6.07, 6.45) is 0. The molecule has 0 fully saturated rings. The molecule has 0 aromatic heterocycles. The normalized spacial score (nSPS) is 13.2. The molecule has 0 atom stereocenters. The Balaban J connectivity index is 2.98. The molecule has 4 nitrogen and oxygen atoms in total. The van der Waals surface area contributed by atoms with Crippen LogP contribution >= 0.6 is 0 Å². The minimum absolute atomic E-state index is 0.332. The van der Waals surface area contributed by atoms with Crippen LogP contribution < -0.4 is 3.86 Å². The molecule has 198 valence electrons. The first kappa shape index (κ1) is 30.9. The van der Waals surface area contributed by atoms with E-state index in [0.29, 0.717) is 12.1 Å². The van der Waals surface area contributed by atoms with E-state index in [9.17, 15) is 0 Å². The van der Waals surface area contributed by atoms with Crippen LogP contribution in [-0.4, -0.2) is 58.5 Å². The predicted octanol–water partition coefficient (Wildman–Crippen LogP) is 8.04. The van der Waals surface area contributed by atoms with Gasteiger partial charge in [0.25, 0.3) is 0 Å². The molecular formula is C29H50GeN4Si2. The van der Waals surface area contributed by atoms with Crippen LogP contribution in [-0.2, 0) is 0 Å². The van der Waals surface area contributed by atoms with Crippen molar-refractivity contribution in [3.63, 3.8) is 0 Å². The number of hydrogen-bond donors (Lipinski definition) is 0. The molecule has 0 saturated carbocycles. The predicted molar refractivity (Wildman–Crippen MR) is 168 cm³/mol. The van der Waals surface area contributed by atoms with E-state index in [1.165, 1.54) is 27.9 Å². The Morgan fingerprint density at radius 2 is 1.08 bits per heavy atom. The number of nitrogens with zero attached hydrogens (tertiary/aromatic N) is 4. The monoisotopic (exact) mass is 584 g/mol. The number of para-hydroxylation sites is 2. The zero-order chi connectivity index (χ0) is 27.6. The van der Waals surface area contributed by atoms with Gasteiger partial charge in [-0.05, 0) is 0 Å². The number of rotatable bonds is 8. The molecule has 0 unspecified atom stereocenters. The van der Waals surface area contributed by atoms with Gasteiger partial charge in [0.05, 0.1) is 0 Å². The Morgan fingerprint density at radius 1 is 0.694 bits per heavy atom. The van der Waals surface area contributed by atoms with Crippen molar-refractivity contribution in [2.75, 3.05) is 3.86 Å². The molecule has 36 heavy (non-hydrogen) atoms. The standard InChI is InChI=1S/C29H50GeN4Si2/c1-21(2)32(22(3)4)29(31-27-23(5)17-15-18-24(27)6)33(28-25(7)19-16-20-26(28)8)30-34(35(9,10)11)36(12,13)14/h15-22H,1-14H3. The number of benzene rings is 2. The summed E-state index contributed by atoms with van der Waals surface area (Å²) in [6.45, 7) is 33.2. The first-order valence-corrected chi connectivity index (χ1v) is 22.1. The molecular weight excluding hydrogens is 533 g/mol. The van der Waals surface area contributed by atoms with Crippen LogP contribution in [0.3, 0.4) is 0 Å². The Labute approximate surface area is 231 Å². The number of hydrogen-bond acceptors (Lipinski definition) is 2. The van der Waals surface area contributed by atoms with Crippen molar-refractivity contribution in [3.05, 3.63) is 58.7 Å². The molecule has 0 aliphatic rings. The first-order chi connectivity index (χ1) is 16.5. The molecule has 0 bridgehead atoms. The molecule has 0 aliphatic heterocycles. The van der Waals surface area contributed by atoms with Crippen LogP contribution in [0.15, 0.2) is 41.4 Å². The Morgan fingerprint density at radius 3 is 1.44 bits per heavy atom. The molecule has 7 heteroatoms. The van der Waals surface area contributed by atoms with Crippen molar-refractivity contribution in [2.45, 2.75) is 107 Å². The summed E-state index contributed by atoms with van der Waals surface area (Å²) in [6, 6.07) is 13.9. The van der Waals surface area contributed by atoms with E-state index in [1.807, 2.05) is 0 Å². The molecule has 0 aliphatic carbocycles. The minimum atomic E-state index is -1.57. The summed E-state index contributed by atoms with van der Waals surface area (Å²) in [7, 11) is -3.13. The van der Waals surface area contributed by atoms with Gasteiger partial charge in [-0.15, -0.1) is 0 Å². The second-order valence-electron chi connectivity index (χ2n) is 12.6. The van der Waals surface area contributed by atoms with E-state index in [2.05, 4.69) is 143 Å². The van der Waals surface area contributed by atoms with E-state index in [1.54, 1.807) is 0 Å². The third-order valence-corrected chi connectivity index (χ3v) is 24.3. The van der Waals surface area contributed by atoms with Crippen molar-refractivity contribution in [3.8, 4) is 0 Å². The molecule has 2 rings (SSSR count). The van der Waals surface area contributed by atoms with E-state index in [4.69, 9.17) is 4.99 Å². The van der Waals surface area contributed by atoms with Gasteiger partial charge >= 0.3 is 232 Å². The average molecular weight is 584 g/mol. The van der Waals surface area contributed by atoms with Gasteiger partial charge in [0, 0.05) is 0 Å². The van der Waals surface area contributed by atoms with E-state index >= 15 is 0 Å². The number of aliphatic imine (C=N–C) groups is 1. The maximum absolute atomic E-state index is 5.58. The summed E-state index contributed by atoms with van der Waals surface area (Å²) >= 11 is -0.713. The summed E-state index contributed by atoms with van der Waals surface area (Å²) in [5.41, 5.74) is 7.56. The van der Waals surface area contributed by atoms with Crippen LogP contribution in [0.5, 0.6) is 0 Å². The van der Waals surface area contributed by atoms with Gasteiger partial charge in [0.1, 0.15) is 0 Å². The average Bonchev–Trinajstić information content (AvgIpc) is 2.69. The van der Waals surface area contributed by atoms with Gasteiger partial charge in [0.2, 0.25) is 0 Å².